The summed E-state index contributed by atoms with van der Waals surface area (Å²) in [6, 6.07) is 5.69. The molecule has 4 heterocycles. The van der Waals surface area contributed by atoms with Crippen LogP contribution in [0.15, 0.2) is 42.3 Å². The molecule has 0 fully saturated rings. The van der Waals surface area contributed by atoms with E-state index in [0.29, 0.717) is 16.3 Å². The molecule has 4 aromatic heterocycles. The van der Waals surface area contributed by atoms with E-state index in [0.717, 1.165) is 22.5 Å². The molecule has 0 aromatic carbocycles. The minimum Gasteiger partial charge on any atom is -0.298 e. The number of pyridine rings is 2. The van der Waals surface area contributed by atoms with Gasteiger partial charge in [-0.25, -0.2) is 4.98 Å². The Bertz CT molecular complexity index is 1080. The number of hydrogen-bond donors (Lipinski definition) is 1. The molecule has 124 valence electrons. The highest BCUT2D eigenvalue weighted by Gasteiger charge is 2.16. The predicted octanol–water partition coefficient (Wildman–Crippen LogP) is 3.12. The number of anilines is 1. The fraction of sp³-hybridized carbons (Fsp3) is 0.118. The Morgan fingerprint density at radius 1 is 1.20 bits per heavy atom. The van der Waals surface area contributed by atoms with Gasteiger partial charge in [0.05, 0.1) is 11.3 Å². The molecule has 0 aliphatic rings. The quantitative estimate of drug-likeness (QED) is 0.613. The third-order valence-corrected chi connectivity index (χ3v) is 4.58. The highest BCUT2D eigenvalue weighted by atomic mass is 32.1. The third-order valence-electron chi connectivity index (χ3n) is 3.71. The second-order valence-electron chi connectivity index (χ2n) is 5.64. The van der Waals surface area contributed by atoms with Crippen molar-refractivity contribution in [3.05, 3.63) is 59.3 Å². The van der Waals surface area contributed by atoms with Crippen molar-refractivity contribution in [1.82, 2.24) is 24.6 Å². The van der Waals surface area contributed by atoms with E-state index in [4.69, 9.17) is 0 Å². The Labute approximate surface area is 147 Å². The number of thiazole rings is 1. The Morgan fingerprint density at radius 3 is 2.84 bits per heavy atom. The molecule has 0 spiro atoms. The molecule has 0 saturated heterocycles. The summed E-state index contributed by atoms with van der Waals surface area (Å²) in [6.45, 7) is 3.81. The minimum absolute atomic E-state index is 0.264. The minimum atomic E-state index is -0.264. The number of rotatable bonds is 3. The van der Waals surface area contributed by atoms with Gasteiger partial charge >= 0.3 is 0 Å². The molecule has 0 atom stereocenters. The third kappa shape index (κ3) is 2.99. The highest BCUT2D eigenvalue weighted by molar-refractivity contribution is 7.13. The molecular weight excluding hydrogens is 336 g/mol. The van der Waals surface area contributed by atoms with Gasteiger partial charge in [0.2, 0.25) is 0 Å². The van der Waals surface area contributed by atoms with Gasteiger partial charge in [0.25, 0.3) is 5.91 Å². The molecule has 0 aliphatic heterocycles. The predicted molar refractivity (Wildman–Crippen MR) is 95.8 cm³/mol. The molecule has 4 aromatic rings. The molecule has 4 rings (SSSR count). The van der Waals surface area contributed by atoms with Gasteiger partial charge in [-0.1, -0.05) is 0 Å². The summed E-state index contributed by atoms with van der Waals surface area (Å²) < 4.78 is 1.74. The maximum Gasteiger partial charge on any atom is 0.261 e. The average molecular weight is 350 g/mol. The molecule has 0 saturated carbocycles. The molecule has 0 aliphatic carbocycles. The number of nitrogens with zero attached hydrogens (tertiary/aromatic N) is 5. The van der Waals surface area contributed by atoms with Crippen molar-refractivity contribution in [2.24, 2.45) is 0 Å². The van der Waals surface area contributed by atoms with E-state index < -0.39 is 0 Å². The van der Waals surface area contributed by atoms with E-state index in [-0.39, 0.29) is 5.91 Å². The van der Waals surface area contributed by atoms with Gasteiger partial charge in [-0.05, 0) is 43.2 Å². The standard InChI is InChI=1S/C17H14N6OS/c1-10-5-12(3-4-18-10)13-6-14(15-22-19-9-23(15)7-13)16(24)21-17-20-11(2)8-25-17/h3-9H,1-2H3,(H,20,21,24). The molecule has 0 unspecified atom stereocenters. The first-order chi connectivity index (χ1) is 12.1. The normalized spacial score (nSPS) is 11.0. The molecule has 8 heteroatoms. The van der Waals surface area contributed by atoms with Crippen LogP contribution in [0.4, 0.5) is 5.13 Å². The molecule has 0 bridgehead atoms. The van der Waals surface area contributed by atoms with Crippen LogP contribution < -0.4 is 5.32 Å². The first-order valence-electron chi connectivity index (χ1n) is 7.60. The number of carbonyl (C=O) groups excluding carboxylic acids is 1. The maximum atomic E-state index is 12.7. The number of amides is 1. The van der Waals surface area contributed by atoms with Crippen molar-refractivity contribution >= 4 is 28.0 Å². The van der Waals surface area contributed by atoms with Crippen LogP contribution in [0, 0.1) is 13.8 Å². The Kier molecular flexibility index (Phi) is 3.73. The fourth-order valence-electron chi connectivity index (χ4n) is 2.56. The molecule has 1 amide bonds. The first kappa shape index (κ1) is 15.4. The lowest BCUT2D eigenvalue weighted by Crippen LogP contribution is -2.13. The van der Waals surface area contributed by atoms with E-state index >= 15 is 0 Å². The van der Waals surface area contributed by atoms with Crippen molar-refractivity contribution in [3.8, 4) is 11.1 Å². The van der Waals surface area contributed by atoms with Gasteiger partial charge < -0.3 is 0 Å². The van der Waals surface area contributed by atoms with Gasteiger partial charge in [-0.15, -0.1) is 21.5 Å². The SMILES string of the molecule is Cc1cc(-c2cc(C(=O)Nc3nc(C)cs3)c3nncn3c2)ccn1. The smallest absolute Gasteiger partial charge is 0.261 e. The van der Waals surface area contributed by atoms with E-state index in [1.54, 1.807) is 16.9 Å². The summed E-state index contributed by atoms with van der Waals surface area (Å²) in [5.41, 5.74) is 4.58. The van der Waals surface area contributed by atoms with Crippen molar-refractivity contribution in [2.45, 2.75) is 13.8 Å². The van der Waals surface area contributed by atoms with Crippen LogP contribution in [0.5, 0.6) is 0 Å². The summed E-state index contributed by atoms with van der Waals surface area (Å²) in [6.07, 6.45) is 5.23. The topological polar surface area (TPSA) is 85.1 Å². The lowest BCUT2D eigenvalue weighted by atomic mass is 10.1. The van der Waals surface area contributed by atoms with Gasteiger partial charge in [-0.3, -0.25) is 19.5 Å². The number of fused-ring (bicyclic) bond motifs is 1. The Hall–Kier alpha value is -3.13. The Balaban J connectivity index is 1.79. The van der Waals surface area contributed by atoms with Gasteiger partial charge in [0.15, 0.2) is 10.8 Å². The summed E-state index contributed by atoms with van der Waals surface area (Å²) in [4.78, 5) is 21.2. The number of aryl methyl sites for hydroxylation is 2. The van der Waals surface area contributed by atoms with Gasteiger partial charge in [0.1, 0.15) is 6.33 Å². The molecule has 1 N–H and O–H groups in total. The first-order valence-corrected chi connectivity index (χ1v) is 8.48. The van der Waals surface area contributed by atoms with Gasteiger partial charge in [-0.2, -0.15) is 0 Å². The zero-order valence-electron chi connectivity index (χ0n) is 13.6. The molecular formula is C17H14N6OS. The number of carbonyl (C=O) groups is 1. The molecule has 7 nitrogen and oxygen atoms in total. The van der Waals surface area contributed by atoms with Crippen molar-refractivity contribution in [1.29, 1.82) is 0 Å². The van der Waals surface area contributed by atoms with Crippen LogP contribution in [-0.2, 0) is 0 Å². The summed E-state index contributed by atoms with van der Waals surface area (Å²) in [5.74, 6) is -0.264. The van der Waals surface area contributed by atoms with Crippen LogP contribution in [0.3, 0.4) is 0 Å². The molecule has 0 radical (unpaired) electrons. The summed E-state index contributed by atoms with van der Waals surface area (Å²) >= 11 is 1.39. The van der Waals surface area contributed by atoms with Crippen LogP contribution in [-0.4, -0.2) is 30.5 Å². The second-order valence-corrected chi connectivity index (χ2v) is 6.50. The maximum absolute atomic E-state index is 12.7. The largest absolute Gasteiger partial charge is 0.298 e. The van der Waals surface area contributed by atoms with Gasteiger partial charge in [0, 0.05) is 23.5 Å². The molecule has 25 heavy (non-hydrogen) atoms. The lowest BCUT2D eigenvalue weighted by molar-refractivity contribution is 0.102. The van der Waals surface area contributed by atoms with E-state index in [9.17, 15) is 4.79 Å². The van der Waals surface area contributed by atoms with Crippen LogP contribution in [0.2, 0.25) is 0 Å². The zero-order chi connectivity index (χ0) is 17.4. The van der Waals surface area contributed by atoms with Crippen LogP contribution >= 0.6 is 11.3 Å². The Morgan fingerprint density at radius 2 is 2.08 bits per heavy atom. The van der Waals surface area contributed by atoms with Crippen molar-refractivity contribution in [2.75, 3.05) is 5.32 Å². The van der Waals surface area contributed by atoms with Crippen molar-refractivity contribution in [3.63, 3.8) is 0 Å². The van der Waals surface area contributed by atoms with Crippen LogP contribution in [0.1, 0.15) is 21.7 Å². The second kappa shape index (κ2) is 6.06. The number of hydrogen-bond acceptors (Lipinski definition) is 6. The van der Waals surface area contributed by atoms with E-state index in [2.05, 4.69) is 25.5 Å². The summed E-state index contributed by atoms with van der Waals surface area (Å²) in [7, 11) is 0. The zero-order valence-corrected chi connectivity index (χ0v) is 14.4. The van der Waals surface area contributed by atoms with Crippen LogP contribution in [0.25, 0.3) is 16.8 Å². The lowest BCUT2D eigenvalue weighted by Gasteiger charge is -2.08. The van der Waals surface area contributed by atoms with E-state index in [1.807, 2.05) is 43.6 Å². The number of nitrogens with one attached hydrogen (secondary N) is 1. The fourth-order valence-corrected chi connectivity index (χ4v) is 3.25. The average Bonchev–Trinajstić information content (AvgIpc) is 3.22. The summed E-state index contributed by atoms with van der Waals surface area (Å²) in [5, 5.41) is 13.3. The highest BCUT2D eigenvalue weighted by Crippen LogP contribution is 2.24. The number of aromatic nitrogens is 5. The van der Waals surface area contributed by atoms with Crippen molar-refractivity contribution < 1.29 is 4.79 Å². The van der Waals surface area contributed by atoms with E-state index in [1.165, 1.54) is 11.3 Å². The monoisotopic (exact) mass is 350 g/mol.